The Labute approximate surface area is 196 Å². The molecule has 3 aromatic carbocycles. The summed E-state index contributed by atoms with van der Waals surface area (Å²) in [5.74, 6) is -0.576. The molecule has 0 aliphatic rings. The van der Waals surface area contributed by atoms with E-state index >= 15 is 0 Å². The van der Waals surface area contributed by atoms with Gasteiger partial charge in [0.2, 0.25) is 0 Å². The number of hydrogen-bond donors (Lipinski definition) is 5. The van der Waals surface area contributed by atoms with E-state index in [1.807, 2.05) is 0 Å². The number of aromatic nitrogens is 6. The van der Waals surface area contributed by atoms with Gasteiger partial charge in [0.25, 0.3) is 0 Å². The molecule has 0 radical (unpaired) electrons. The van der Waals surface area contributed by atoms with Crippen LogP contribution in [0.2, 0.25) is 0 Å². The van der Waals surface area contributed by atoms with Gasteiger partial charge in [-0.25, -0.2) is 0 Å². The highest BCUT2D eigenvalue weighted by Crippen LogP contribution is 2.42. The minimum absolute atomic E-state index is 0.114. The summed E-state index contributed by atoms with van der Waals surface area (Å²) in [6, 6.07) is 10.8. The molecule has 2 aromatic heterocycles. The maximum absolute atomic E-state index is 11.0. The van der Waals surface area contributed by atoms with Gasteiger partial charge in [0.15, 0.2) is 28.6 Å². The number of aliphatic hydroxyl groups excluding tert-OH is 2. The van der Waals surface area contributed by atoms with Crippen LogP contribution >= 0.6 is 0 Å². The Bertz CT molecular complexity index is 1420. The molecule has 0 fully saturated rings. The number of ether oxygens (including phenoxy) is 2. The van der Waals surface area contributed by atoms with E-state index in [9.17, 15) is 15.3 Å². The molecular formula is C22H20N6O7. The van der Waals surface area contributed by atoms with Crippen molar-refractivity contribution in [1.82, 2.24) is 30.0 Å². The maximum atomic E-state index is 11.0. The molecule has 2 heterocycles. The van der Waals surface area contributed by atoms with Crippen molar-refractivity contribution in [3.05, 3.63) is 42.5 Å². The van der Waals surface area contributed by atoms with E-state index in [0.717, 1.165) is 15.7 Å². The molecule has 0 saturated heterocycles. The Morgan fingerprint density at radius 3 is 1.46 bits per heavy atom. The number of aromatic hydroxyl groups is 3. The van der Waals surface area contributed by atoms with E-state index in [1.165, 1.54) is 0 Å². The molecule has 35 heavy (non-hydrogen) atoms. The summed E-state index contributed by atoms with van der Waals surface area (Å²) in [6.07, 6.45) is 0. The second-order valence-corrected chi connectivity index (χ2v) is 7.38. The van der Waals surface area contributed by atoms with E-state index in [1.54, 1.807) is 36.4 Å². The van der Waals surface area contributed by atoms with Crippen LogP contribution in [-0.2, 0) is 0 Å². The monoisotopic (exact) mass is 480 g/mol. The lowest BCUT2D eigenvalue weighted by Gasteiger charge is -2.11. The number of aliphatic hydroxyl groups is 2. The smallest absolute Gasteiger partial charge is 0.178 e. The lowest BCUT2D eigenvalue weighted by atomic mass is 10.2. The van der Waals surface area contributed by atoms with Crippen molar-refractivity contribution in [3.63, 3.8) is 0 Å². The van der Waals surface area contributed by atoms with E-state index < -0.39 is 17.2 Å². The quantitative estimate of drug-likeness (QED) is 0.214. The Morgan fingerprint density at radius 2 is 1.03 bits per heavy atom. The zero-order chi connectivity index (χ0) is 24.5. The first-order valence-electron chi connectivity index (χ1n) is 10.5. The minimum Gasteiger partial charge on any atom is -0.505 e. The highest BCUT2D eigenvalue weighted by atomic mass is 16.5. The number of nitrogens with zero attached hydrogens (tertiary/aromatic N) is 6. The summed E-state index contributed by atoms with van der Waals surface area (Å²) in [5.41, 5.74) is 1.33. The van der Waals surface area contributed by atoms with Crippen LogP contribution in [0.4, 0.5) is 0 Å². The summed E-state index contributed by atoms with van der Waals surface area (Å²) in [6.45, 7) is -0.0574. The topological polar surface area (TPSA) is 181 Å². The van der Waals surface area contributed by atoms with Gasteiger partial charge in [-0.1, -0.05) is 0 Å². The fraction of sp³-hybridized carbons (Fsp3) is 0.182. The molecule has 0 saturated carbocycles. The molecule has 180 valence electrons. The molecule has 5 aromatic rings. The molecule has 5 N–H and O–H groups in total. The molecule has 0 unspecified atom stereocenters. The highest BCUT2D eigenvalue weighted by molar-refractivity contribution is 5.78. The summed E-state index contributed by atoms with van der Waals surface area (Å²) < 4.78 is 10.8. The number of hydrogen-bond acceptors (Lipinski definition) is 11. The van der Waals surface area contributed by atoms with Crippen molar-refractivity contribution in [2.75, 3.05) is 26.4 Å². The summed E-state index contributed by atoms with van der Waals surface area (Å²) in [7, 11) is 0. The standard InChI is InChI=1S/C22H20N6O7/c29-5-7-34-12-1-3-14-16(9-12)25-27(23-14)20-18(31)11-19(32)21(22(20)33)28-24-15-4-2-13(35-8-6-30)10-17(15)26-28/h1-4,9-11,29-33H,5-8H2. The molecule has 0 bridgehead atoms. The summed E-state index contributed by atoms with van der Waals surface area (Å²) in [4.78, 5) is 2.05. The molecular weight excluding hydrogens is 460 g/mol. The Morgan fingerprint density at radius 1 is 0.600 bits per heavy atom. The number of phenolic OH excluding ortho intramolecular Hbond substituents is 3. The number of rotatable bonds is 8. The Balaban J connectivity index is 1.58. The van der Waals surface area contributed by atoms with Crippen molar-refractivity contribution in [2.24, 2.45) is 0 Å². The average Bonchev–Trinajstić information content (AvgIpc) is 3.44. The predicted molar refractivity (Wildman–Crippen MR) is 121 cm³/mol. The van der Waals surface area contributed by atoms with Gasteiger partial charge < -0.3 is 35.0 Å². The average molecular weight is 480 g/mol. The fourth-order valence-corrected chi connectivity index (χ4v) is 3.51. The third kappa shape index (κ3) is 4.09. The van der Waals surface area contributed by atoms with E-state index in [2.05, 4.69) is 20.4 Å². The molecule has 13 nitrogen and oxygen atoms in total. The third-order valence-corrected chi connectivity index (χ3v) is 5.03. The van der Waals surface area contributed by atoms with Crippen molar-refractivity contribution < 1.29 is 35.0 Å². The van der Waals surface area contributed by atoms with Gasteiger partial charge in [0.1, 0.15) is 46.8 Å². The van der Waals surface area contributed by atoms with Crippen LogP contribution in [0.3, 0.4) is 0 Å². The first kappa shape index (κ1) is 22.2. The Hall–Kier alpha value is -4.62. The zero-order valence-electron chi connectivity index (χ0n) is 18.1. The van der Waals surface area contributed by atoms with Crippen LogP contribution in [0.5, 0.6) is 28.7 Å². The first-order chi connectivity index (χ1) is 17.0. The summed E-state index contributed by atoms with van der Waals surface area (Å²) >= 11 is 0. The van der Waals surface area contributed by atoms with E-state index in [4.69, 9.17) is 19.7 Å². The van der Waals surface area contributed by atoms with Gasteiger partial charge in [-0.2, -0.15) is 0 Å². The zero-order valence-corrected chi connectivity index (χ0v) is 18.1. The second kappa shape index (κ2) is 8.96. The largest absolute Gasteiger partial charge is 0.505 e. The van der Waals surface area contributed by atoms with Crippen molar-refractivity contribution in [1.29, 1.82) is 0 Å². The Kier molecular flexibility index (Phi) is 5.68. The van der Waals surface area contributed by atoms with Crippen LogP contribution in [0.1, 0.15) is 0 Å². The van der Waals surface area contributed by atoms with Gasteiger partial charge >= 0.3 is 0 Å². The minimum atomic E-state index is -0.559. The summed E-state index contributed by atoms with van der Waals surface area (Å²) in [5, 5.41) is 67.0. The van der Waals surface area contributed by atoms with E-state index in [-0.39, 0.29) is 37.8 Å². The lowest BCUT2D eigenvalue weighted by Crippen LogP contribution is -2.05. The van der Waals surface area contributed by atoms with Gasteiger partial charge in [0.05, 0.1) is 13.2 Å². The highest BCUT2D eigenvalue weighted by Gasteiger charge is 2.24. The number of fused-ring (bicyclic) bond motifs is 2. The van der Waals surface area contributed by atoms with Gasteiger partial charge in [-0.15, -0.1) is 30.0 Å². The van der Waals surface area contributed by atoms with Gasteiger partial charge in [-0.05, 0) is 24.3 Å². The normalized spacial score (nSPS) is 11.4. The molecule has 13 heteroatoms. The van der Waals surface area contributed by atoms with Crippen LogP contribution in [-0.4, -0.2) is 81.9 Å². The van der Waals surface area contributed by atoms with Crippen LogP contribution in [0, 0.1) is 0 Å². The molecule has 0 aliphatic heterocycles. The van der Waals surface area contributed by atoms with Crippen LogP contribution in [0.15, 0.2) is 42.5 Å². The first-order valence-corrected chi connectivity index (χ1v) is 10.5. The third-order valence-electron chi connectivity index (χ3n) is 5.03. The van der Waals surface area contributed by atoms with Crippen molar-refractivity contribution >= 4 is 22.1 Å². The lowest BCUT2D eigenvalue weighted by molar-refractivity contribution is 0.201. The SMILES string of the molecule is OCCOc1ccc2nn(-c3c(O)cc(O)c(-n4nc5ccc(OCCO)cc5n4)c3O)nc2c1. The molecule has 5 rings (SSSR count). The van der Waals surface area contributed by atoms with Crippen molar-refractivity contribution in [3.8, 4) is 40.1 Å². The molecule has 0 aliphatic carbocycles. The fourth-order valence-electron chi connectivity index (χ4n) is 3.51. The molecule has 0 amide bonds. The van der Waals surface area contributed by atoms with Gasteiger partial charge in [0, 0.05) is 18.2 Å². The van der Waals surface area contributed by atoms with E-state index in [0.29, 0.717) is 33.6 Å². The predicted octanol–water partition coefficient (Wildman–Crippen LogP) is 1.01. The van der Waals surface area contributed by atoms with Gasteiger partial charge in [-0.3, -0.25) is 0 Å². The van der Waals surface area contributed by atoms with Crippen molar-refractivity contribution in [2.45, 2.75) is 0 Å². The van der Waals surface area contributed by atoms with Crippen LogP contribution in [0.25, 0.3) is 33.4 Å². The molecule has 0 spiro atoms. The maximum Gasteiger partial charge on any atom is 0.178 e. The number of benzene rings is 3. The van der Waals surface area contributed by atoms with Crippen LogP contribution < -0.4 is 9.47 Å². The second-order valence-electron chi connectivity index (χ2n) is 7.38. The molecule has 0 atom stereocenters. The number of phenols is 3.